The summed E-state index contributed by atoms with van der Waals surface area (Å²) >= 11 is 0. The van der Waals surface area contributed by atoms with Gasteiger partial charge in [-0.25, -0.2) is 0 Å². The Bertz CT molecular complexity index is 939. The molecular formula is C20H24N6O3. The van der Waals surface area contributed by atoms with Crippen molar-refractivity contribution in [1.29, 1.82) is 0 Å². The molecule has 3 heterocycles. The fourth-order valence-corrected chi connectivity index (χ4v) is 3.42. The van der Waals surface area contributed by atoms with Crippen molar-refractivity contribution in [3.8, 4) is 11.3 Å². The minimum Gasteiger partial charge on any atom is -0.377 e. The molecule has 1 aliphatic rings. The molecule has 0 aliphatic carbocycles. The second-order valence-electron chi connectivity index (χ2n) is 6.99. The van der Waals surface area contributed by atoms with E-state index in [1.54, 1.807) is 7.11 Å². The summed E-state index contributed by atoms with van der Waals surface area (Å²) in [5.41, 5.74) is 2.27. The molecule has 0 saturated carbocycles. The van der Waals surface area contributed by atoms with Gasteiger partial charge in [0.2, 0.25) is 5.89 Å². The largest absolute Gasteiger partial charge is 0.377 e. The molecule has 1 saturated heterocycles. The highest BCUT2D eigenvalue weighted by Crippen LogP contribution is 2.18. The molecule has 29 heavy (non-hydrogen) atoms. The first-order valence-corrected chi connectivity index (χ1v) is 9.66. The van der Waals surface area contributed by atoms with Gasteiger partial charge in [-0.15, -0.1) is 0 Å². The first kappa shape index (κ1) is 19.3. The molecule has 0 atom stereocenters. The van der Waals surface area contributed by atoms with Crippen molar-refractivity contribution in [3.05, 3.63) is 53.8 Å². The molecule has 0 bridgehead atoms. The molecule has 1 fully saturated rings. The summed E-state index contributed by atoms with van der Waals surface area (Å²) in [6, 6.07) is 11.6. The van der Waals surface area contributed by atoms with Gasteiger partial charge in [-0.05, 0) is 12.5 Å². The van der Waals surface area contributed by atoms with E-state index in [1.807, 2.05) is 41.3 Å². The van der Waals surface area contributed by atoms with E-state index in [0.717, 1.165) is 30.8 Å². The van der Waals surface area contributed by atoms with Gasteiger partial charge in [0, 0.05) is 38.9 Å². The van der Waals surface area contributed by atoms with Crippen molar-refractivity contribution >= 4 is 5.91 Å². The van der Waals surface area contributed by atoms with Gasteiger partial charge in [0.15, 0.2) is 5.82 Å². The predicted octanol–water partition coefficient (Wildman–Crippen LogP) is 1.95. The van der Waals surface area contributed by atoms with Crippen molar-refractivity contribution in [2.24, 2.45) is 0 Å². The van der Waals surface area contributed by atoms with Crippen LogP contribution in [0.25, 0.3) is 11.3 Å². The van der Waals surface area contributed by atoms with Crippen molar-refractivity contribution < 1.29 is 14.1 Å². The third-order valence-electron chi connectivity index (χ3n) is 4.90. The topological polar surface area (TPSA) is 100 Å². The smallest absolute Gasteiger partial charge is 0.271 e. The van der Waals surface area contributed by atoms with E-state index in [4.69, 9.17) is 9.26 Å². The molecule has 9 nitrogen and oxygen atoms in total. The Morgan fingerprint density at radius 1 is 1.21 bits per heavy atom. The Balaban J connectivity index is 1.35. The summed E-state index contributed by atoms with van der Waals surface area (Å²) in [7, 11) is 1.60. The lowest BCUT2D eigenvalue weighted by Gasteiger charge is -2.20. The number of carbonyl (C=O) groups excluding carboxylic acids is 1. The van der Waals surface area contributed by atoms with Crippen LogP contribution in [0.1, 0.15) is 28.6 Å². The summed E-state index contributed by atoms with van der Waals surface area (Å²) in [6.07, 6.45) is 0.879. The average Bonchev–Trinajstić information content (AvgIpc) is 3.34. The lowest BCUT2D eigenvalue weighted by molar-refractivity contribution is 0.0754. The number of nitrogens with one attached hydrogen (secondary N) is 1. The number of hydrogen-bond acceptors (Lipinski definition) is 7. The number of benzene rings is 1. The standard InChI is InChI=1S/C20H24N6O3/c1-28-14-18-21-19(29-24-18)13-25-8-5-9-26(11-10-25)20(27)17-12-16(22-23-17)15-6-3-2-4-7-15/h2-4,6-7,12H,5,8-11,13-14H2,1H3,(H,22,23). The van der Waals surface area contributed by atoms with Gasteiger partial charge in [0.1, 0.15) is 12.3 Å². The minimum absolute atomic E-state index is 0.0262. The first-order chi connectivity index (χ1) is 14.2. The van der Waals surface area contributed by atoms with Crippen LogP contribution < -0.4 is 0 Å². The molecular weight excluding hydrogens is 372 g/mol. The molecule has 9 heteroatoms. The number of aromatic amines is 1. The number of methoxy groups -OCH3 is 1. The SMILES string of the molecule is COCc1noc(CN2CCCN(C(=O)c3cc(-c4ccccc4)n[nH]3)CC2)n1. The zero-order valence-corrected chi connectivity index (χ0v) is 16.4. The number of nitrogens with zero attached hydrogens (tertiary/aromatic N) is 5. The van der Waals surface area contributed by atoms with E-state index < -0.39 is 0 Å². The number of aromatic nitrogens is 4. The average molecular weight is 396 g/mol. The van der Waals surface area contributed by atoms with E-state index >= 15 is 0 Å². The van der Waals surface area contributed by atoms with Crippen LogP contribution in [0.15, 0.2) is 40.9 Å². The molecule has 2 aromatic heterocycles. The number of rotatable bonds is 6. The summed E-state index contributed by atoms with van der Waals surface area (Å²) in [5.74, 6) is 1.09. The third kappa shape index (κ3) is 4.69. The fourth-order valence-electron chi connectivity index (χ4n) is 3.42. The number of H-pyrrole nitrogens is 1. The summed E-state index contributed by atoms with van der Waals surface area (Å²) in [4.78, 5) is 21.3. The summed E-state index contributed by atoms with van der Waals surface area (Å²) < 4.78 is 10.3. The Morgan fingerprint density at radius 2 is 2.07 bits per heavy atom. The fraction of sp³-hybridized carbons (Fsp3) is 0.400. The highest BCUT2D eigenvalue weighted by Gasteiger charge is 2.23. The van der Waals surface area contributed by atoms with E-state index in [1.165, 1.54) is 0 Å². The lowest BCUT2D eigenvalue weighted by atomic mass is 10.1. The second kappa shape index (κ2) is 8.97. The van der Waals surface area contributed by atoms with Crippen molar-refractivity contribution in [1.82, 2.24) is 30.1 Å². The zero-order chi connectivity index (χ0) is 20.1. The molecule has 1 N–H and O–H groups in total. The Labute approximate surface area is 168 Å². The van der Waals surface area contributed by atoms with Gasteiger partial charge < -0.3 is 14.2 Å². The molecule has 4 rings (SSSR count). The van der Waals surface area contributed by atoms with Crippen molar-refractivity contribution in [2.75, 3.05) is 33.3 Å². The number of hydrogen-bond donors (Lipinski definition) is 1. The molecule has 1 amide bonds. The van der Waals surface area contributed by atoms with Crippen LogP contribution in [0, 0.1) is 0 Å². The van der Waals surface area contributed by atoms with Crippen LogP contribution in [0.2, 0.25) is 0 Å². The summed E-state index contributed by atoms with van der Waals surface area (Å²) in [6.45, 7) is 3.85. The number of amides is 1. The van der Waals surface area contributed by atoms with E-state index in [0.29, 0.717) is 43.7 Å². The van der Waals surface area contributed by atoms with Gasteiger partial charge in [0.25, 0.3) is 5.91 Å². The van der Waals surface area contributed by atoms with Crippen molar-refractivity contribution in [2.45, 2.75) is 19.6 Å². The van der Waals surface area contributed by atoms with Crippen LogP contribution in [0.4, 0.5) is 0 Å². The predicted molar refractivity (Wildman–Crippen MR) is 105 cm³/mol. The monoisotopic (exact) mass is 396 g/mol. The van der Waals surface area contributed by atoms with E-state index in [-0.39, 0.29) is 5.91 Å². The van der Waals surface area contributed by atoms with Gasteiger partial charge >= 0.3 is 0 Å². The van der Waals surface area contributed by atoms with Crippen LogP contribution in [-0.2, 0) is 17.9 Å². The zero-order valence-electron chi connectivity index (χ0n) is 16.4. The highest BCUT2D eigenvalue weighted by atomic mass is 16.5. The summed E-state index contributed by atoms with van der Waals surface area (Å²) in [5, 5.41) is 11.1. The third-order valence-corrected chi connectivity index (χ3v) is 4.90. The van der Waals surface area contributed by atoms with Gasteiger partial charge in [-0.1, -0.05) is 35.5 Å². The minimum atomic E-state index is -0.0262. The van der Waals surface area contributed by atoms with Gasteiger partial charge in [0.05, 0.1) is 12.2 Å². The Kier molecular flexibility index (Phi) is 5.97. The number of carbonyl (C=O) groups is 1. The van der Waals surface area contributed by atoms with Crippen molar-refractivity contribution in [3.63, 3.8) is 0 Å². The molecule has 3 aromatic rings. The van der Waals surface area contributed by atoms with Crippen LogP contribution in [-0.4, -0.2) is 69.3 Å². The van der Waals surface area contributed by atoms with Gasteiger partial charge in [-0.3, -0.25) is 14.8 Å². The molecule has 0 spiro atoms. The Hall–Kier alpha value is -3.04. The lowest BCUT2D eigenvalue weighted by Crippen LogP contribution is -2.35. The van der Waals surface area contributed by atoms with E-state index in [9.17, 15) is 4.79 Å². The molecule has 0 radical (unpaired) electrons. The maximum atomic E-state index is 12.9. The van der Waals surface area contributed by atoms with Crippen LogP contribution in [0.3, 0.4) is 0 Å². The molecule has 1 aromatic carbocycles. The van der Waals surface area contributed by atoms with Crippen LogP contribution in [0.5, 0.6) is 0 Å². The van der Waals surface area contributed by atoms with Crippen LogP contribution >= 0.6 is 0 Å². The highest BCUT2D eigenvalue weighted by molar-refractivity contribution is 5.93. The Morgan fingerprint density at radius 3 is 2.90 bits per heavy atom. The quantitative estimate of drug-likeness (QED) is 0.680. The molecule has 1 aliphatic heterocycles. The van der Waals surface area contributed by atoms with Gasteiger partial charge in [-0.2, -0.15) is 10.1 Å². The molecule has 0 unspecified atom stereocenters. The normalized spacial score (nSPS) is 15.4. The maximum Gasteiger partial charge on any atom is 0.271 e. The molecule has 152 valence electrons. The van der Waals surface area contributed by atoms with E-state index in [2.05, 4.69) is 25.2 Å². The second-order valence-corrected chi connectivity index (χ2v) is 6.99. The first-order valence-electron chi connectivity index (χ1n) is 9.66. The number of ether oxygens (including phenoxy) is 1. The maximum absolute atomic E-state index is 12.9.